The van der Waals surface area contributed by atoms with Crippen molar-refractivity contribution < 1.29 is 13.4 Å². The van der Waals surface area contributed by atoms with Crippen molar-refractivity contribution in [1.82, 2.24) is 5.16 Å². The molecule has 0 fully saturated rings. The highest BCUT2D eigenvalue weighted by molar-refractivity contribution is 5.77. The molecule has 3 rings (SSSR count). The lowest BCUT2D eigenvalue weighted by Crippen LogP contribution is -1.90. The Morgan fingerprint density at radius 2 is 2.00 bits per heavy atom. The van der Waals surface area contributed by atoms with Crippen LogP contribution in [0.25, 0.3) is 11.0 Å². The van der Waals surface area contributed by atoms with Gasteiger partial charge in [-0.15, -0.1) is 0 Å². The van der Waals surface area contributed by atoms with Crippen LogP contribution in [0.5, 0.6) is 0 Å². The van der Waals surface area contributed by atoms with E-state index in [2.05, 4.69) is 9.68 Å². The van der Waals surface area contributed by atoms with Crippen molar-refractivity contribution in [3.05, 3.63) is 52.6 Å². The molecule has 18 heavy (non-hydrogen) atoms. The minimum absolute atomic E-state index is 0.330. The van der Waals surface area contributed by atoms with E-state index in [4.69, 9.17) is 8.83 Å². The Kier molecular flexibility index (Phi) is 2.72. The van der Waals surface area contributed by atoms with Gasteiger partial charge in [-0.1, -0.05) is 18.2 Å². The van der Waals surface area contributed by atoms with E-state index in [9.17, 15) is 4.79 Å². The molecule has 0 radical (unpaired) electrons. The number of aryl methyl sites for hydroxylation is 2. The number of nitrogens with zero attached hydrogens (tertiary/aromatic N) is 1. The van der Waals surface area contributed by atoms with Crippen LogP contribution in [-0.4, -0.2) is 5.16 Å². The molecule has 1 aromatic carbocycles. The molecule has 0 unspecified atom stereocenters. The average molecular weight is 245 g/mol. The van der Waals surface area contributed by atoms with Crippen LogP contribution in [0.3, 0.4) is 0 Å². The molecule has 3 aromatic rings. The quantitative estimate of drug-likeness (QED) is 0.706. The van der Waals surface area contributed by atoms with E-state index in [1.54, 1.807) is 0 Å². The van der Waals surface area contributed by atoms with Crippen LogP contribution in [0.2, 0.25) is 0 Å². The number of rotatable bonds is 4. The third-order valence-electron chi connectivity index (χ3n) is 2.71. The summed E-state index contributed by atoms with van der Waals surface area (Å²) in [4.78, 5) is 10.6. The highest BCUT2D eigenvalue weighted by atomic mass is 16.6. The summed E-state index contributed by atoms with van der Waals surface area (Å²) in [6.45, 7) is 0. The molecule has 2 aromatic heterocycles. The first-order valence-electron chi connectivity index (χ1n) is 5.74. The molecule has 0 aliphatic carbocycles. The molecule has 0 aliphatic rings. The lowest BCUT2D eigenvalue weighted by atomic mass is 10.2. The predicted molar refractivity (Wildman–Crippen MR) is 63.3 cm³/mol. The first-order chi connectivity index (χ1) is 8.81. The number of aromatic nitrogens is 1. The maximum atomic E-state index is 10.6. The van der Waals surface area contributed by atoms with Crippen LogP contribution < -0.4 is 5.82 Å². The minimum Gasteiger partial charge on any atom is -0.461 e. The third kappa shape index (κ3) is 2.20. The SMILES string of the molecule is O=c1onc(CCCc2cc3ccccc3o2)o1. The van der Waals surface area contributed by atoms with E-state index in [1.807, 2.05) is 30.3 Å². The molecule has 0 aliphatic heterocycles. The van der Waals surface area contributed by atoms with Crippen LogP contribution in [0.4, 0.5) is 0 Å². The molecule has 0 N–H and O–H groups in total. The van der Waals surface area contributed by atoms with Gasteiger partial charge < -0.3 is 8.83 Å². The lowest BCUT2D eigenvalue weighted by Gasteiger charge is -1.93. The zero-order valence-electron chi connectivity index (χ0n) is 9.59. The third-order valence-corrected chi connectivity index (χ3v) is 2.71. The fourth-order valence-electron chi connectivity index (χ4n) is 1.89. The smallest absolute Gasteiger partial charge is 0.461 e. The summed E-state index contributed by atoms with van der Waals surface area (Å²) in [6, 6.07) is 9.90. The number of benzene rings is 1. The largest absolute Gasteiger partial charge is 0.542 e. The Hall–Kier alpha value is -2.30. The van der Waals surface area contributed by atoms with Gasteiger partial charge in [0, 0.05) is 18.2 Å². The summed E-state index contributed by atoms with van der Waals surface area (Å²) in [5.41, 5.74) is 0.889. The normalized spacial score (nSPS) is 11.1. The van der Waals surface area contributed by atoms with E-state index >= 15 is 0 Å². The first kappa shape index (κ1) is 10.8. The van der Waals surface area contributed by atoms with E-state index in [-0.39, 0.29) is 0 Å². The summed E-state index contributed by atoms with van der Waals surface area (Å²) in [7, 11) is 0. The standard InChI is InChI=1S/C13H11NO4/c15-13-17-12(14-18-13)7-3-5-10-8-9-4-1-2-6-11(9)16-10/h1-2,4,6,8H,3,5,7H2. The summed E-state index contributed by atoms with van der Waals surface area (Å²) >= 11 is 0. The van der Waals surface area contributed by atoms with E-state index in [0.29, 0.717) is 12.3 Å². The zero-order chi connectivity index (χ0) is 12.4. The monoisotopic (exact) mass is 245 g/mol. The van der Waals surface area contributed by atoms with Gasteiger partial charge in [0.25, 0.3) is 0 Å². The zero-order valence-corrected chi connectivity index (χ0v) is 9.59. The van der Waals surface area contributed by atoms with E-state index < -0.39 is 5.82 Å². The molecule has 2 heterocycles. The number of furan rings is 1. The molecule has 0 atom stereocenters. The Labute approximate surface area is 102 Å². The molecule has 0 spiro atoms. The Morgan fingerprint density at radius 1 is 1.11 bits per heavy atom. The maximum absolute atomic E-state index is 10.6. The Morgan fingerprint density at radius 3 is 2.78 bits per heavy atom. The summed E-state index contributed by atoms with van der Waals surface area (Å²) in [5, 5.41) is 4.60. The van der Waals surface area contributed by atoms with Crippen molar-refractivity contribution >= 4 is 11.0 Å². The lowest BCUT2D eigenvalue weighted by molar-refractivity contribution is 0.334. The first-order valence-corrected chi connectivity index (χ1v) is 5.74. The van der Waals surface area contributed by atoms with Crippen molar-refractivity contribution in [3.63, 3.8) is 0 Å². The van der Waals surface area contributed by atoms with E-state index in [1.165, 1.54) is 0 Å². The van der Waals surface area contributed by atoms with Crippen LogP contribution in [0.1, 0.15) is 18.1 Å². The molecule has 5 nitrogen and oxygen atoms in total. The van der Waals surface area contributed by atoms with Crippen LogP contribution in [0, 0.1) is 0 Å². The van der Waals surface area contributed by atoms with Gasteiger partial charge in [-0.25, -0.2) is 4.79 Å². The van der Waals surface area contributed by atoms with Crippen LogP contribution in [0.15, 0.2) is 48.5 Å². The number of hydrogen-bond donors (Lipinski definition) is 0. The topological polar surface area (TPSA) is 69.4 Å². The predicted octanol–water partition coefficient (Wildman–Crippen LogP) is 2.55. The Bertz CT molecular complexity index is 674. The highest BCUT2D eigenvalue weighted by Crippen LogP contribution is 2.20. The summed E-state index contributed by atoms with van der Waals surface area (Å²) in [6.07, 6.45) is 2.11. The van der Waals surface area contributed by atoms with Gasteiger partial charge in [0.05, 0.1) is 0 Å². The second-order valence-electron chi connectivity index (χ2n) is 4.03. The molecule has 0 amide bonds. The average Bonchev–Trinajstić information content (AvgIpc) is 2.95. The Balaban J connectivity index is 1.64. The maximum Gasteiger partial charge on any atom is 0.542 e. The van der Waals surface area contributed by atoms with Gasteiger partial charge in [-0.05, 0) is 23.7 Å². The second-order valence-corrected chi connectivity index (χ2v) is 4.03. The molecule has 5 heteroatoms. The van der Waals surface area contributed by atoms with Crippen molar-refractivity contribution in [3.8, 4) is 0 Å². The van der Waals surface area contributed by atoms with Gasteiger partial charge in [0.1, 0.15) is 11.3 Å². The van der Waals surface area contributed by atoms with Crippen molar-refractivity contribution in [2.24, 2.45) is 0 Å². The second kappa shape index (κ2) is 4.52. The summed E-state index contributed by atoms with van der Waals surface area (Å²) < 4.78 is 14.7. The molecule has 0 bridgehead atoms. The van der Waals surface area contributed by atoms with Gasteiger partial charge in [0.15, 0.2) is 0 Å². The fraction of sp³-hybridized carbons (Fsp3) is 0.231. The van der Waals surface area contributed by atoms with Gasteiger partial charge in [-0.2, -0.15) is 0 Å². The summed E-state index contributed by atoms with van der Waals surface area (Å²) in [5.74, 6) is 0.492. The fourth-order valence-corrected chi connectivity index (χ4v) is 1.89. The molecule has 92 valence electrons. The van der Waals surface area contributed by atoms with Crippen molar-refractivity contribution in [1.29, 1.82) is 0 Å². The molecule has 0 saturated heterocycles. The van der Waals surface area contributed by atoms with Crippen molar-refractivity contribution in [2.75, 3.05) is 0 Å². The molecular formula is C13H11NO4. The van der Waals surface area contributed by atoms with Crippen LogP contribution in [-0.2, 0) is 12.8 Å². The minimum atomic E-state index is -0.756. The van der Waals surface area contributed by atoms with Crippen LogP contribution >= 0.6 is 0 Å². The van der Waals surface area contributed by atoms with E-state index in [0.717, 1.165) is 29.6 Å². The van der Waals surface area contributed by atoms with Gasteiger partial charge in [0.2, 0.25) is 5.89 Å². The van der Waals surface area contributed by atoms with Crippen molar-refractivity contribution in [2.45, 2.75) is 19.3 Å². The number of fused-ring (bicyclic) bond motifs is 1. The van der Waals surface area contributed by atoms with Gasteiger partial charge in [-0.3, -0.25) is 4.52 Å². The number of hydrogen-bond acceptors (Lipinski definition) is 5. The number of para-hydroxylation sites is 1. The molecular weight excluding hydrogens is 234 g/mol. The molecule has 0 saturated carbocycles. The van der Waals surface area contributed by atoms with Gasteiger partial charge >= 0.3 is 5.82 Å². The highest BCUT2D eigenvalue weighted by Gasteiger charge is 2.06.